The number of carboxylic acid groups (broad SMARTS) is 1. The zero-order valence-electron chi connectivity index (χ0n) is 28.5. The quantitative estimate of drug-likeness (QED) is 0.332. The van der Waals surface area contributed by atoms with Crippen molar-refractivity contribution < 1.29 is 24.2 Å². The van der Waals surface area contributed by atoms with Crippen molar-refractivity contribution in [3.63, 3.8) is 0 Å². The lowest BCUT2D eigenvalue weighted by Crippen LogP contribution is -2.51. The third-order valence-electron chi connectivity index (χ3n) is 9.33. The molecule has 0 radical (unpaired) electrons. The molecule has 0 bridgehead atoms. The summed E-state index contributed by atoms with van der Waals surface area (Å²) in [5, 5.41) is 14.7. The van der Waals surface area contributed by atoms with Gasteiger partial charge in [0, 0.05) is 56.3 Å². The monoisotopic (exact) mass is 628 g/mol. The van der Waals surface area contributed by atoms with Crippen LogP contribution in [0.25, 0.3) is 0 Å². The Hall–Kier alpha value is -4.11. The molecule has 1 saturated heterocycles. The number of nitrogens with one attached hydrogen (secondary N) is 1. The van der Waals surface area contributed by atoms with Gasteiger partial charge in [-0.1, -0.05) is 77.9 Å². The minimum Gasteiger partial charge on any atom is -0.496 e. The molecule has 2 aliphatic heterocycles. The molecule has 2 N–H and O–H groups in total. The average Bonchev–Trinajstić information content (AvgIpc) is 3.59. The summed E-state index contributed by atoms with van der Waals surface area (Å²) in [6.07, 6.45) is 1.27. The molecule has 1 amide bonds. The van der Waals surface area contributed by atoms with Crippen LogP contribution in [-0.2, 0) is 28.0 Å². The summed E-state index contributed by atoms with van der Waals surface area (Å²) < 4.78 is 12.0. The number of hydrogen-bond acceptors (Lipinski definition) is 7. The summed E-state index contributed by atoms with van der Waals surface area (Å²) in [5.41, 5.74) is 3.28. The minimum atomic E-state index is -1.11. The van der Waals surface area contributed by atoms with Crippen molar-refractivity contribution in [3.05, 3.63) is 83.0 Å². The number of carbonyl (C=O) groups is 2. The maximum absolute atomic E-state index is 14.7. The minimum absolute atomic E-state index is 0.0718. The van der Waals surface area contributed by atoms with Crippen molar-refractivity contribution in [2.24, 2.45) is 11.3 Å². The highest BCUT2D eigenvalue weighted by Crippen LogP contribution is 2.50. The van der Waals surface area contributed by atoms with Crippen molar-refractivity contribution in [2.45, 2.75) is 84.2 Å². The Kier molecular flexibility index (Phi) is 9.10. The summed E-state index contributed by atoms with van der Waals surface area (Å²) in [6.45, 7) is 13.1. The number of ether oxygens (including phenoxy) is 2. The number of amides is 1. The Morgan fingerprint density at radius 2 is 1.78 bits per heavy atom. The largest absolute Gasteiger partial charge is 0.496 e. The number of para-hydroxylation sites is 1. The van der Waals surface area contributed by atoms with Gasteiger partial charge < -0.3 is 29.7 Å². The second-order valence-corrected chi connectivity index (χ2v) is 14.8. The number of hydrogen-bond donors (Lipinski definition) is 2. The zero-order valence-corrected chi connectivity index (χ0v) is 28.5. The van der Waals surface area contributed by atoms with Crippen molar-refractivity contribution in [1.82, 2.24) is 15.2 Å². The van der Waals surface area contributed by atoms with Crippen LogP contribution in [0.15, 0.2) is 60.8 Å². The van der Waals surface area contributed by atoms with E-state index < -0.39 is 41.5 Å². The fourth-order valence-electron chi connectivity index (χ4n) is 7.16. The van der Waals surface area contributed by atoms with E-state index in [1.54, 1.807) is 18.2 Å². The summed E-state index contributed by atoms with van der Waals surface area (Å²) in [5.74, 6) is 0.242. The highest BCUT2D eigenvalue weighted by atomic mass is 16.5. The molecule has 0 aliphatic carbocycles. The molecular formula is C37H48N4O5. The van der Waals surface area contributed by atoms with Crippen molar-refractivity contribution in [1.29, 1.82) is 0 Å². The van der Waals surface area contributed by atoms with Crippen LogP contribution in [0, 0.1) is 11.3 Å². The third kappa shape index (κ3) is 6.30. The van der Waals surface area contributed by atoms with Gasteiger partial charge in [0.2, 0.25) is 0 Å². The first-order valence-corrected chi connectivity index (χ1v) is 16.0. The zero-order chi connectivity index (χ0) is 33.6. The Bertz CT molecular complexity index is 1570. The number of carboxylic acids is 1. The number of benzene rings is 2. The van der Waals surface area contributed by atoms with Crippen LogP contribution in [0.3, 0.4) is 0 Å². The Labute approximate surface area is 272 Å². The number of fused-ring (bicyclic) bond motifs is 1. The van der Waals surface area contributed by atoms with Crippen LogP contribution in [-0.4, -0.2) is 66.3 Å². The first-order chi connectivity index (χ1) is 21.6. The van der Waals surface area contributed by atoms with Crippen LogP contribution in [0.2, 0.25) is 0 Å². The lowest BCUT2D eigenvalue weighted by atomic mass is 9.72. The molecule has 9 nitrogen and oxygen atoms in total. The molecule has 1 fully saturated rings. The molecule has 2 aliphatic rings. The number of anilines is 1. The lowest BCUT2D eigenvalue weighted by Gasteiger charge is -2.35. The number of likely N-dealkylation sites (tertiary alicyclic amines) is 1. The number of nitrogens with zero attached hydrogens (tertiary/aromatic N) is 3. The number of aromatic nitrogens is 1. The van der Waals surface area contributed by atoms with E-state index >= 15 is 0 Å². The smallest absolute Gasteiger partial charge is 0.326 e. The van der Waals surface area contributed by atoms with Crippen molar-refractivity contribution in [2.75, 3.05) is 26.1 Å². The first kappa shape index (κ1) is 33.3. The molecule has 246 valence electrons. The standard InChI is InChI=1S/C37H48N4O5/c1-36(2,3)24-16-17-26(45-9)23(19-24)21-39-30-29(37(4,5)6)32(35(43)44)41(31(30)25-14-12-18-38-33(25)40(7)8)34(42)28-20-22-13-10-11-15-27(22)46-28/h10-19,28-32,39H,20-21H2,1-9H3,(H,43,44)/t28-,29-,30-,31-,32-/m0/s1. The predicted molar refractivity (Wildman–Crippen MR) is 179 cm³/mol. The summed E-state index contributed by atoms with van der Waals surface area (Å²) >= 11 is 0. The van der Waals surface area contributed by atoms with Crippen molar-refractivity contribution in [3.8, 4) is 11.5 Å². The highest BCUT2D eigenvalue weighted by Gasteiger charge is 2.59. The second kappa shape index (κ2) is 12.6. The van der Waals surface area contributed by atoms with Gasteiger partial charge in [-0.2, -0.15) is 0 Å². The van der Waals surface area contributed by atoms with Gasteiger partial charge in [-0.3, -0.25) is 4.79 Å². The van der Waals surface area contributed by atoms with E-state index in [0.29, 0.717) is 24.5 Å². The van der Waals surface area contributed by atoms with E-state index in [-0.39, 0.29) is 11.3 Å². The SMILES string of the molecule is COc1ccc(C(C)(C)C)cc1CN[C@H]1[C@H](C(C)(C)C)[C@@H](C(=O)O)N(C(=O)[C@@H]2Cc3ccccc3O2)[C@H]1c1cccnc1N(C)C. The molecule has 0 unspecified atom stereocenters. The maximum atomic E-state index is 14.7. The lowest BCUT2D eigenvalue weighted by molar-refractivity contribution is -0.155. The Balaban J connectivity index is 1.65. The van der Waals surface area contributed by atoms with E-state index in [1.165, 1.54) is 5.56 Å². The highest BCUT2D eigenvalue weighted by molar-refractivity contribution is 5.89. The van der Waals surface area contributed by atoms with E-state index in [2.05, 4.69) is 43.2 Å². The fourth-order valence-corrected chi connectivity index (χ4v) is 7.16. The van der Waals surface area contributed by atoms with Crippen LogP contribution in [0.4, 0.5) is 5.82 Å². The predicted octanol–water partition coefficient (Wildman–Crippen LogP) is 5.61. The van der Waals surface area contributed by atoms with Gasteiger partial charge in [0.05, 0.1) is 13.2 Å². The summed E-state index contributed by atoms with van der Waals surface area (Å²) in [7, 11) is 5.47. The van der Waals surface area contributed by atoms with Gasteiger partial charge in [0.1, 0.15) is 23.4 Å². The maximum Gasteiger partial charge on any atom is 0.326 e. The van der Waals surface area contributed by atoms with Gasteiger partial charge in [0.15, 0.2) is 6.10 Å². The van der Waals surface area contributed by atoms with E-state index in [0.717, 1.165) is 22.4 Å². The molecule has 3 aromatic rings. The summed E-state index contributed by atoms with van der Waals surface area (Å²) in [4.78, 5) is 36.2. The Morgan fingerprint density at radius 1 is 1.07 bits per heavy atom. The molecule has 0 spiro atoms. The molecular weight excluding hydrogens is 580 g/mol. The Morgan fingerprint density at radius 3 is 2.39 bits per heavy atom. The van der Waals surface area contributed by atoms with E-state index in [9.17, 15) is 14.7 Å². The van der Waals surface area contributed by atoms with Gasteiger partial charge in [-0.15, -0.1) is 0 Å². The third-order valence-corrected chi connectivity index (χ3v) is 9.33. The number of rotatable bonds is 8. The second-order valence-electron chi connectivity index (χ2n) is 14.8. The van der Waals surface area contributed by atoms with Crippen LogP contribution >= 0.6 is 0 Å². The van der Waals surface area contributed by atoms with E-state index in [4.69, 9.17) is 9.47 Å². The van der Waals surface area contributed by atoms with Gasteiger partial charge in [0.25, 0.3) is 5.91 Å². The number of carbonyl (C=O) groups excluding carboxylic acids is 1. The number of aliphatic carboxylic acids is 1. The number of pyridine rings is 1. The average molecular weight is 629 g/mol. The molecule has 1 aromatic heterocycles. The normalized spacial score (nSPS) is 22.7. The molecule has 46 heavy (non-hydrogen) atoms. The van der Waals surface area contributed by atoms with Gasteiger partial charge in [-0.25, -0.2) is 9.78 Å². The molecule has 5 atom stereocenters. The van der Waals surface area contributed by atoms with Gasteiger partial charge in [-0.05, 0) is 40.2 Å². The van der Waals surface area contributed by atoms with Crippen molar-refractivity contribution >= 4 is 17.7 Å². The van der Waals surface area contributed by atoms with Crippen LogP contribution in [0.5, 0.6) is 11.5 Å². The summed E-state index contributed by atoms with van der Waals surface area (Å²) in [6, 6.07) is 15.4. The van der Waals surface area contributed by atoms with Gasteiger partial charge >= 0.3 is 5.97 Å². The topological polar surface area (TPSA) is 104 Å². The molecule has 3 heterocycles. The molecule has 9 heteroatoms. The number of methoxy groups -OCH3 is 1. The van der Waals surface area contributed by atoms with Crippen LogP contribution in [0.1, 0.15) is 69.8 Å². The fraction of sp³-hybridized carbons (Fsp3) is 0.486. The molecule has 2 aromatic carbocycles. The molecule has 0 saturated carbocycles. The van der Waals surface area contributed by atoms with Crippen LogP contribution < -0.4 is 19.7 Å². The first-order valence-electron chi connectivity index (χ1n) is 16.0. The van der Waals surface area contributed by atoms with E-state index in [1.807, 2.05) is 82.2 Å². The molecule has 5 rings (SSSR count).